The van der Waals surface area contributed by atoms with E-state index < -0.39 is 0 Å². The maximum Gasteiger partial charge on any atom is 0.147 e. The highest BCUT2D eigenvalue weighted by molar-refractivity contribution is 9.10. The van der Waals surface area contributed by atoms with E-state index in [2.05, 4.69) is 15.9 Å². The van der Waals surface area contributed by atoms with Crippen molar-refractivity contribution in [2.45, 2.75) is 0 Å². The molecule has 0 aromatic heterocycles. The van der Waals surface area contributed by atoms with E-state index in [1.807, 2.05) is 0 Å². The molecule has 0 bridgehead atoms. The Bertz CT molecular complexity index is 647. The van der Waals surface area contributed by atoms with Crippen LogP contribution >= 0.6 is 39.1 Å². The van der Waals surface area contributed by atoms with Gasteiger partial charge >= 0.3 is 0 Å². The van der Waals surface area contributed by atoms with Crippen molar-refractivity contribution in [1.82, 2.24) is 0 Å². The Morgan fingerprint density at radius 1 is 1.16 bits per heavy atom. The van der Waals surface area contributed by atoms with Crippen LogP contribution in [-0.4, -0.2) is 5.84 Å². The van der Waals surface area contributed by atoms with Crippen molar-refractivity contribution in [2.75, 3.05) is 0 Å². The molecule has 0 heterocycles. The third-order valence-electron chi connectivity index (χ3n) is 2.35. The molecular weight excluding hydrogens is 351 g/mol. The molecule has 0 spiro atoms. The molecule has 0 saturated carbocycles. The third-order valence-corrected chi connectivity index (χ3v) is 3.56. The zero-order valence-electron chi connectivity index (χ0n) is 9.58. The minimum absolute atomic E-state index is 0.0146. The Kier molecular flexibility index (Phi) is 4.34. The van der Waals surface area contributed by atoms with Crippen LogP contribution < -0.4 is 10.5 Å². The van der Waals surface area contributed by atoms with Gasteiger partial charge in [-0.25, -0.2) is 0 Å². The monoisotopic (exact) mass is 358 g/mol. The van der Waals surface area contributed by atoms with Crippen molar-refractivity contribution in [2.24, 2.45) is 5.73 Å². The lowest BCUT2D eigenvalue weighted by atomic mass is 10.2. The molecule has 3 nitrogen and oxygen atoms in total. The molecule has 0 aliphatic rings. The summed E-state index contributed by atoms with van der Waals surface area (Å²) in [5.74, 6) is 1.02. The normalized spacial score (nSPS) is 10.3. The summed E-state index contributed by atoms with van der Waals surface area (Å²) in [6, 6.07) is 10.1. The molecule has 98 valence electrons. The van der Waals surface area contributed by atoms with Crippen LogP contribution in [0.4, 0.5) is 0 Å². The van der Waals surface area contributed by atoms with Crippen molar-refractivity contribution in [3.63, 3.8) is 0 Å². The molecule has 2 aromatic carbocycles. The van der Waals surface area contributed by atoms with Crippen LogP contribution in [0, 0.1) is 5.41 Å². The molecular formula is C13H9BrCl2N2O. The lowest BCUT2D eigenvalue weighted by Crippen LogP contribution is -2.11. The first kappa shape index (κ1) is 14.2. The highest BCUT2D eigenvalue weighted by Crippen LogP contribution is 2.33. The third kappa shape index (κ3) is 3.41. The van der Waals surface area contributed by atoms with Crippen molar-refractivity contribution < 1.29 is 4.74 Å². The fourth-order valence-electron chi connectivity index (χ4n) is 1.46. The summed E-state index contributed by atoms with van der Waals surface area (Å²) in [6.07, 6.45) is 0. The number of hydrogen-bond acceptors (Lipinski definition) is 2. The van der Waals surface area contributed by atoms with Crippen LogP contribution in [0.3, 0.4) is 0 Å². The number of nitrogens with two attached hydrogens (primary N) is 1. The number of nitrogen functional groups attached to an aromatic ring is 1. The van der Waals surface area contributed by atoms with E-state index in [0.29, 0.717) is 31.6 Å². The van der Waals surface area contributed by atoms with Crippen molar-refractivity contribution in [3.8, 4) is 11.5 Å². The number of ether oxygens (including phenoxy) is 1. The van der Waals surface area contributed by atoms with Gasteiger partial charge in [-0.3, -0.25) is 5.41 Å². The molecule has 19 heavy (non-hydrogen) atoms. The number of hydrogen-bond donors (Lipinski definition) is 2. The molecule has 3 N–H and O–H groups in total. The average Bonchev–Trinajstić information content (AvgIpc) is 2.33. The molecule has 0 amide bonds. The molecule has 2 rings (SSSR count). The minimum atomic E-state index is -0.0146. The van der Waals surface area contributed by atoms with E-state index >= 15 is 0 Å². The van der Waals surface area contributed by atoms with Crippen LogP contribution in [0.25, 0.3) is 0 Å². The van der Waals surface area contributed by atoms with Gasteiger partial charge in [-0.05, 0) is 46.3 Å². The molecule has 0 unspecified atom stereocenters. The van der Waals surface area contributed by atoms with Gasteiger partial charge in [-0.2, -0.15) is 0 Å². The number of halogens is 3. The van der Waals surface area contributed by atoms with Crippen molar-refractivity contribution in [3.05, 3.63) is 56.5 Å². The van der Waals surface area contributed by atoms with Crippen molar-refractivity contribution in [1.29, 1.82) is 5.41 Å². The second-order valence-electron chi connectivity index (χ2n) is 3.73. The average molecular weight is 360 g/mol. The summed E-state index contributed by atoms with van der Waals surface area (Å²) < 4.78 is 6.32. The molecule has 2 aromatic rings. The van der Waals surface area contributed by atoms with Crippen LogP contribution in [-0.2, 0) is 0 Å². The van der Waals surface area contributed by atoms with Gasteiger partial charge in [0.25, 0.3) is 0 Å². The Hall–Kier alpha value is -1.23. The first-order chi connectivity index (χ1) is 8.97. The molecule has 0 radical (unpaired) electrons. The zero-order valence-corrected chi connectivity index (χ0v) is 12.7. The van der Waals surface area contributed by atoms with Gasteiger partial charge in [-0.15, -0.1) is 0 Å². The standard InChI is InChI=1S/C13H9BrCl2N2O/c14-10-6-8(2-3-9(10)13(17)18)19-12-5-7(15)1-4-11(12)16/h1-6H,(H3,17,18). The highest BCUT2D eigenvalue weighted by Gasteiger charge is 2.08. The molecule has 0 atom stereocenters. The van der Waals surface area contributed by atoms with E-state index in [4.69, 9.17) is 39.1 Å². The number of amidine groups is 1. The fourth-order valence-corrected chi connectivity index (χ4v) is 2.35. The fraction of sp³-hybridized carbons (Fsp3) is 0. The SMILES string of the molecule is N=C(N)c1ccc(Oc2cc(Cl)ccc2Cl)cc1Br. The summed E-state index contributed by atoms with van der Waals surface area (Å²) >= 11 is 15.2. The number of nitrogens with one attached hydrogen (secondary N) is 1. The summed E-state index contributed by atoms with van der Waals surface area (Å²) in [7, 11) is 0. The van der Waals surface area contributed by atoms with E-state index in [-0.39, 0.29) is 5.84 Å². The van der Waals surface area contributed by atoms with Gasteiger partial charge in [-0.1, -0.05) is 23.2 Å². The Labute approximate surface area is 128 Å². The van der Waals surface area contributed by atoms with Gasteiger partial charge in [0.2, 0.25) is 0 Å². The van der Waals surface area contributed by atoms with E-state index in [1.54, 1.807) is 36.4 Å². The topological polar surface area (TPSA) is 59.1 Å². The Morgan fingerprint density at radius 2 is 1.89 bits per heavy atom. The predicted molar refractivity (Wildman–Crippen MR) is 81.7 cm³/mol. The highest BCUT2D eigenvalue weighted by atomic mass is 79.9. The van der Waals surface area contributed by atoms with Crippen LogP contribution in [0.2, 0.25) is 10.0 Å². The van der Waals surface area contributed by atoms with Gasteiger partial charge in [0.15, 0.2) is 0 Å². The van der Waals surface area contributed by atoms with E-state index in [9.17, 15) is 0 Å². The summed E-state index contributed by atoms with van der Waals surface area (Å²) in [6.45, 7) is 0. The molecule has 6 heteroatoms. The van der Waals surface area contributed by atoms with Crippen molar-refractivity contribution >= 4 is 45.0 Å². The first-order valence-electron chi connectivity index (χ1n) is 5.24. The second-order valence-corrected chi connectivity index (χ2v) is 5.43. The first-order valence-corrected chi connectivity index (χ1v) is 6.79. The summed E-state index contributed by atoms with van der Waals surface area (Å²) in [5.41, 5.74) is 6.04. The second kappa shape index (κ2) is 5.82. The largest absolute Gasteiger partial charge is 0.456 e. The van der Waals surface area contributed by atoms with Crippen LogP contribution in [0.5, 0.6) is 11.5 Å². The minimum Gasteiger partial charge on any atom is -0.456 e. The van der Waals surface area contributed by atoms with E-state index in [0.717, 1.165) is 0 Å². The Morgan fingerprint density at radius 3 is 2.53 bits per heavy atom. The van der Waals surface area contributed by atoms with Crippen LogP contribution in [0.15, 0.2) is 40.9 Å². The van der Waals surface area contributed by atoms with Gasteiger partial charge in [0.05, 0.1) is 5.02 Å². The lowest BCUT2D eigenvalue weighted by Gasteiger charge is -2.10. The van der Waals surface area contributed by atoms with E-state index in [1.165, 1.54) is 0 Å². The zero-order chi connectivity index (χ0) is 14.0. The lowest BCUT2D eigenvalue weighted by molar-refractivity contribution is 0.482. The summed E-state index contributed by atoms with van der Waals surface area (Å²) in [4.78, 5) is 0. The smallest absolute Gasteiger partial charge is 0.147 e. The predicted octanol–water partition coefficient (Wildman–Crippen LogP) is 4.83. The summed E-state index contributed by atoms with van der Waals surface area (Å²) in [5, 5.41) is 8.41. The van der Waals surface area contributed by atoms with Gasteiger partial charge in [0, 0.05) is 21.1 Å². The number of rotatable bonds is 3. The molecule has 0 aliphatic heterocycles. The van der Waals surface area contributed by atoms with Gasteiger partial charge in [0.1, 0.15) is 17.3 Å². The Balaban J connectivity index is 2.31. The molecule has 0 aliphatic carbocycles. The van der Waals surface area contributed by atoms with Gasteiger partial charge < -0.3 is 10.5 Å². The quantitative estimate of drug-likeness (QED) is 0.608. The molecule has 0 saturated heterocycles. The maximum absolute atomic E-state index is 7.40. The number of benzene rings is 2. The van der Waals surface area contributed by atoms with Crippen LogP contribution in [0.1, 0.15) is 5.56 Å². The molecule has 0 fully saturated rings. The maximum atomic E-state index is 7.40.